The lowest BCUT2D eigenvalue weighted by atomic mass is 10.9. The van der Waals surface area contributed by atoms with Crippen LogP contribution in [0.25, 0.3) is 0 Å². The van der Waals surface area contributed by atoms with Crippen molar-refractivity contribution in [3.8, 4) is 0 Å². The van der Waals surface area contributed by atoms with Gasteiger partial charge in [0, 0.05) is 10.9 Å². The largest absolute Gasteiger partial charge is 0.870 e. The molecule has 0 heterocycles. The van der Waals surface area contributed by atoms with Crippen molar-refractivity contribution in [1.82, 2.24) is 0 Å². The first-order valence-electron chi connectivity index (χ1n) is 2.76. The standard InChI is InChI=1S/C6H11Cl2S.H2O/c1-2-9(5-3-7)6-4-8;/h2H,1,3-6H2;1H2/q+1;/p-1. The van der Waals surface area contributed by atoms with Crippen LogP contribution in [0, 0.1) is 0 Å². The van der Waals surface area contributed by atoms with E-state index in [-0.39, 0.29) is 16.4 Å². The average molecular weight is 203 g/mol. The van der Waals surface area contributed by atoms with Crippen molar-refractivity contribution >= 4 is 34.1 Å². The lowest BCUT2D eigenvalue weighted by Gasteiger charge is -1.96. The van der Waals surface area contributed by atoms with E-state index in [1.807, 2.05) is 5.41 Å². The summed E-state index contributed by atoms with van der Waals surface area (Å²) in [7, 11) is 0.269. The molecule has 0 amide bonds. The number of hydrogen-bond acceptors (Lipinski definition) is 1. The molecule has 0 radical (unpaired) electrons. The van der Waals surface area contributed by atoms with Gasteiger partial charge < -0.3 is 5.48 Å². The summed E-state index contributed by atoms with van der Waals surface area (Å²) in [6, 6.07) is 0. The Bertz CT molecular complexity index is 74.1. The van der Waals surface area contributed by atoms with Gasteiger partial charge in [-0.15, -0.1) is 23.2 Å². The summed E-state index contributed by atoms with van der Waals surface area (Å²) in [4.78, 5) is 0. The molecule has 0 fully saturated rings. The van der Waals surface area contributed by atoms with E-state index in [1.54, 1.807) is 0 Å². The molecule has 0 aliphatic rings. The van der Waals surface area contributed by atoms with Gasteiger partial charge in [0.1, 0.15) is 16.9 Å². The molecule has 0 unspecified atom stereocenters. The lowest BCUT2D eigenvalue weighted by Crippen LogP contribution is -2.10. The number of halogens is 2. The zero-order valence-corrected chi connectivity index (χ0v) is 8.05. The lowest BCUT2D eigenvalue weighted by molar-refractivity contribution is 0.824. The summed E-state index contributed by atoms with van der Waals surface area (Å²) in [5.74, 6) is 3.48. The van der Waals surface area contributed by atoms with E-state index >= 15 is 0 Å². The van der Waals surface area contributed by atoms with Crippen LogP contribution in [-0.4, -0.2) is 28.7 Å². The third-order valence-electron chi connectivity index (χ3n) is 0.914. The van der Waals surface area contributed by atoms with Gasteiger partial charge in [0.15, 0.2) is 0 Å². The van der Waals surface area contributed by atoms with E-state index in [2.05, 4.69) is 6.58 Å². The second-order valence-electron chi connectivity index (χ2n) is 1.49. The Labute approximate surface area is 75.1 Å². The summed E-state index contributed by atoms with van der Waals surface area (Å²) in [5, 5.41) is 1.95. The van der Waals surface area contributed by atoms with Crippen LogP contribution in [0.4, 0.5) is 0 Å². The van der Waals surface area contributed by atoms with Crippen LogP contribution in [0.1, 0.15) is 0 Å². The zero-order valence-electron chi connectivity index (χ0n) is 5.72. The third kappa shape index (κ3) is 6.75. The number of hydrogen-bond donors (Lipinski definition) is 0. The molecular weight excluding hydrogens is 191 g/mol. The highest BCUT2D eigenvalue weighted by Gasteiger charge is 2.10. The van der Waals surface area contributed by atoms with Gasteiger partial charge in [0.2, 0.25) is 0 Å². The second-order valence-corrected chi connectivity index (χ2v) is 4.47. The molecule has 0 aliphatic carbocycles. The zero-order chi connectivity index (χ0) is 7.11. The van der Waals surface area contributed by atoms with Crippen LogP contribution >= 0.6 is 23.2 Å². The fraction of sp³-hybridized carbons (Fsp3) is 0.667. The average Bonchev–Trinajstić information content (AvgIpc) is 1.88. The molecule has 10 heavy (non-hydrogen) atoms. The molecule has 0 rings (SSSR count). The van der Waals surface area contributed by atoms with E-state index in [9.17, 15) is 0 Å². The van der Waals surface area contributed by atoms with Gasteiger partial charge >= 0.3 is 0 Å². The highest BCUT2D eigenvalue weighted by Crippen LogP contribution is 1.99. The first kappa shape index (κ1) is 13.2. The van der Waals surface area contributed by atoms with Crippen molar-refractivity contribution in [3.05, 3.63) is 12.0 Å². The van der Waals surface area contributed by atoms with E-state index in [1.165, 1.54) is 0 Å². The quantitative estimate of drug-likeness (QED) is 0.496. The topological polar surface area (TPSA) is 30.0 Å². The fourth-order valence-electron chi connectivity index (χ4n) is 0.467. The highest BCUT2D eigenvalue weighted by atomic mass is 35.5. The minimum Gasteiger partial charge on any atom is -0.870 e. The molecule has 0 aliphatic heterocycles. The molecule has 0 bridgehead atoms. The number of rotatable bonds is 5. The molecular formula is C6H12Cl2OS. The molecule has 1 nitrogen and oxygen atoms in total. The smallest absolute Gasteiger partial charge is 0.126 e. The normalized spacial score (nSPS) is 9.10. The van der Waals surface area contributed by atoms with Crippen LogP contribution in [0.15, 0.2) is 12.0 Å². The van der Waals surface area contributed by atoms with Crippen LogP contribution < -0.4 is 0 Å². The molecule has 62 valence electrons. The van der Waals surface area contributed by atoms with Crippen LogP contribution in [0.5, 0.6) is 0 Å². The van der Waals surface area contributed by atoms with Gasteiger partial charge in [-0.3, -0.25) is 0 Å². The molecule has 0 spiro atoms. The third-order valence-corrected chi connectivity index (χ3v) is 3.67. The van der Waals surface area contributed by atoms with Crippen molar-refractivity contribution in [3.63, 3.8) is 0 Å². The second kappa shape index (κ2) is 9.63. The SMILES string of the molecule is C=C[S+](CCCl)CCCl.[OH-]. The van der Waals surface area contributed by atoms with Gasteiger partial charge in [-0.25, -0.2) is 0 Å². The molecule has 1 N–H and O–H groups in total. The van der Waals surface area contributed by atoms with Crippen molar-refractivity contribution < 1.29 is 5.48 Å². The minimum absolute atomic E-state index is 0. The molecule has 0 atom stereocenters. The van der Waals surface area contributed by atoms with Crippen LogP contribution in [0.2, 0.25) is 0 Å². The summed E-state index contributed by atoms with van der Waals surface area (Å²) in [6.07, 6.45) is 0. The maximum atomic E-state index is 5.53. The fourth-order valence-corrected chi connectivity index (χ4v) is 2.59. The molecule has 4 heteroatoms. The molecule has 0 saturated heterocycles. The Morgan fingerprint density at radius 1 is 1.20 bits per heavy atom. The van der Waals surface area contributed by atoms with Gasteiger partial charge in [0.05, 0.1) is 11.8 Å². The Morgan fingerprint density at radius 3 is 1.80 bits per heavy atom. The summed E-state index contributed by atoms with van der Waals surface area (Å²) in [6.45, 7) is 3.69. The van der Waals surface area contributed by atoms with E-state index in [0.29, 0.717) is 11.8 Å². The van der Waals surface area contributed by atoms with Crippen molar-refractivity contribution in [2.45, 2.75) is 0 Å². The first-order chi connectivity index (χ1) is 4.35. The van der Waals surface area contributed by atoms with Gasteiger partial charge in [-0.2, -0.15) is 0 Å². The van der Waals surface area contributed by atoms with Crippen LogP contribution in [0.3, 0.4) is 0 Å². The Balaban J connectivity index is 0. The molecule has 0 aromatic rings. The maximum Gasteiger partial charge on any atom is 0.126 e. The summed E-state index contributed by atoms with van der Waals surface area (Å²) < 4.78 is 0. The predicted molar refractivity (Wildman–Crippen MR) is 50.7 cm³/mol. The van der Waals surface area contributed by atoms with Crippen molar-refractivity contribution in [1.29, 1.82) is 0 Å². The highest BCUT2D eigenvalue weighted by molar-refractivity contribution is 7.99. The van der Waals surface area contributed by atoms with E-state index in [0.717, 1.165) is 11.5 Å². The van der Waals surface area contributed by atoms with Crippen molar-refractivity contribution in [2.75, 3.05) is 23.3 Å². The Hall–Kier alpha value is 0.630. The van der Waals surface area contributed by atoms with Crippen LogP contribution in [-0.2, 0) is 10.9 Å². The van der Waals surface area contributed by atoms with Gasteiger partial charge in [-0.1, -0.05) is 6.58 Å². The minimum atomic E-state index is 0. The van der Waals surface area contributed by atoms with Gasteiger partial charge in [0.25, 0.3) is 0 Å². The summed E-state index contributed by atoms with van der Waals surface area (Å²) >= 11 is 11.1. The molecule has 0 saturated carbocycles. The number of alkyl halides is 2. The monoisotopic (exact) mass is 202 g/mol. The Kier molecular flexibility index (Phi) is 12.7. The molecule has 0 aromatic carbocycles. The Morgan fingerprint density at radius 2 is 1.60 bits per heavy atom. The first-order valence-corrected chi connectivity index (χ1v) is 5.45. The maximum absolute atomic E-state index is 5.53. The van der Waals surface area contributed by atoms with E-state index < -0.39 is 0 Å². The predicted octanol–water partition coefficient (Wildman–Crippen LogP) is 2.05. The van der Waals surface area contributed by atoms with Gasteiger partial charge in [-0.05, 0) is 0 Å². The van der Waals surface area contributed by atoms with Crippen molar-refractivity contribution in [2.24, 2.45) is 0 Å². The molecule has 0 aromatic heterocycles. The van der Waals surface area contributed by atoms with E-state index in [4.69, 9.17) is 23.2 Å². The summed E-state index contributed by atoms with van der Waals surface area (Å²) in [5.41, 5.74) is 0.